The van der Waals surface area contributed by atoms with Crippen LogP contribution < -0.4 is 15.8 Å². The minimum absolute atomic E-state index is 0.267. The van der Waals surface area contributed by atoms with Crippen LogP contribution in [0.25, 0.3) is 0 Å². The molecular weight excluding hydrogens is 256 g/mol. The summed E-state index contributed by atoms with van der Waals surface area (Å²) in [5.74, 6) is 0.724. The molecule has 1 unspecified atom stereocenters. The summed E-state index contributed by atoms with van der Waals surface area (Å²) in [5, 5.41) is 2.77. The Morgan fingerprint density at radius 1 is 1.35 bits per heavy atom. The van der Waals surface area contributed by atoms with Gasteiger partial charge in [0.15, 0.2) is 0 Å². The summed E-state index contributed by atoms with van der Waals surface area (Å²) in [6.45, 7) is 8.19. The second kappa shape index (κ2) is 7.14. The Morgan fingerprint density at radius 2 is 2.00 bits per heavy atom. The van der Waals surface area contributed by atoms with Gasteiger partial charge in [0, 0.05) is 12.1 Å². The van der Waals surface area contributed by atoms with E-state index in [1.165, 1.54) is 0 Å². The number of nitrogens with one attached hydrogen (secondary N) is 1. The van der Waals surface area contributed by atoms with Crippen molar-refractivity contribution >= 4 is 6.09 Å². The maximum atomic E-state index is 11.8. The van der Waals surface area contributed by atoms with Crippen molar-refractivity contribution in [2.75, 3.05) is 13.2 Å². The van der Waals surface area contributed by atoms with Gasteiger partial charge in [-0.3, -0.25) is 0 Å². The van der Waals surface area contributed by atoms with Crippen molar-refractivity contribution in [3.05, 3.63) is 29.8 Å². The molecule has 5 heteroatoms. The monoisotopic (exact) mass is 280 g/mol. The molecule has 0 radical (unpaired) electrons. The van der Waals surface area contributed by atoms with Gasteiger partial charge in [0.25, 0.3) is 0 Å². The number of benzene rings is 1. The molecule has 0 fully saturated rings. The van der Waals surface area contributed by atoms with Crippen molar-refractivity contribution in [3.63, 3.8) is 0 Å². The van der Waals surface area contributed by atoms with Gasteiger partial charge in [-0.25, -0.2) is 4.79 Å². The second-order valence-electron chi connectivity index (χ2n) is 5.41. The summed E-state index contributed by atoms with van der Waals surface area (Å²) < 4.78 is 10.8. The third-order valence-electron chi connectivity index (χ3n) is 2.52. The highest BCUT2D eigenvalue weighted by molar-refractivity contribution is 5.68. The summed E-state index contributed by atoms with van der Waals surface area (Å²) in [4.78, 5) is 11.8. The molecule has 0 aliphatic heterocycles. The molecule has 1 atom stereocenters. The normalized spacial score (nSPS) is 12.7. The Balaban J connectivity index is 2.83. The number of amides is 1. The number of carbonyl (C=O) groups excluding carboxylic acids is 1. The van der Waals surface area contributed by atoms with E-state index in [0.29, 0.717) is 6.61 Å². The molecular formula is C15H24N2O3. The highest BCUT2D eigenvalue weighted by Gasteiger charge is 2.21. The summed E-state index contributed by atoms with van der Waals surface area (Å²) in [6.07, 6.45) is -0.487. The Hall–Kier alpha value is -1.75. The first kappa shape index (κ1) is 16.3. The average Bonchev–Trinajstić information content (AvgIpc) is 2.35. The van der Waals surface area contributed by atoms with E-state index in [4.69, 9.17) is 15.2 Å². The third-order valence-corrected chi connectivity index (χ3v) is 2.52. The zero-order chi connectivity index (χ0) is 15.2. The van der Waals surface area contributed by atoms with Crippen molar-refractivity contribution in [3.8, 4) is 5.75 Å². The van der Waals surface area contributed by atoms with E-state index in [2.05, 4.69) is 5.32 Å². The van der Waals surface area contributed by atoms with Gasteiger partial charge in [-0.2, -0.15) is 0 Å². The predicted molar refractivity (Wildman–Crippen MR) is 78.8 cm³/mol. The maximum Gasteiger partial charge on any atom is 0.408 e. The molecule has 20 heavy (non-hydrogen) atoms. The molecule has 0 bridgehead atoms. The third kappa shape index (κ3) is 5.09. The van der Waals surface area contributed by atoms with Gasteiger partial charge >= 0.3 is 6.09 Å². The van der Waals surface area contributed by atoms with E-state index in [0.717, 1.165) is 11.3 Å². The highest BCUT2D eigenvalue weighted by Crippen LogP contribution is 2.24. The Labute approximate surface area is 120 Å². The van der Waals surface area contributed by atoms with Crippen LogP contribution in [0.15, 0.2) is 24.3 Å². The molecule has 0 aliphatic rings. The second-order valence-corrected chi connectivity index (χ2v) is 5.41. The first-order chi connectivity index (χ1) is 9.37. The van der Waals surface area contributed by atoms with E-state index >= 15 is 0 Å². The first-order valence-electron chi connectivity index (χ1n) is 6.78. The Morgan fingerprint density at radius 3 is 2.55 bits per heavy atom. The van der Waals surface area contributed by atoms with Gasteiger partial charge in [-0.05, 0) is 33.8 Å². The van der Waals surface area contributed by atoms with E-state index in [1.807, 2.05) is 52.0 Å². The minimum atomic E-state index is -0.539. The summed E-state index contributed by atoms with van der Waals surface area (Å²) in [6, 6.07) is 7.18. The predicted octanol–water partition coefficient (Wildman–Crippen LogP) is 2.61. The van der Waals surface area contributed by atoms with E-state index in [1.54, 1.807) is 0 Å². The van der Waals surface area contributed by atoms with E-state index < -0.39 is 11.7 Å². The fraction of sp³-hybridized carbons (Fsp3) is 0.533. The van der Waals surface area contributed by atoms with Crippen LogP contribution in [0.4, 0.5) is 4.79 Å². The number of rotatable bonds is 5. The maximum absolute atomic E-state index is 11.8. The fourth-order valence-electron chi connectivity index (χ4n) is 1.77. The molecule has 0 saturated carbocycles. The standard InChI is InChI=1S/C15H24N2O3/c1-5-19-13-9-7-6-8-11(13)12(10-16)17-14(18)20-15(2,3)4/h6-9,12H,5,10,16H2,1-4H3,(H,17,18). The largest absolute Gasteiger partial charge is 0.494 e. The van der Waals surface area contributed by atoms with Gasteiger partial charge < -0.3 is 20.5 Å². The molecule has 0 saturated heterocycles. The van der Waals surface area contributed by atoms with Crippen LogP contribution in [0, 0.1) is 0 Å². The van der Waals surface area contributed by atoms with Crippen LogP contribution in [-0.4, -0.2) is 24.8 Å². The van der Waals surface area contributed by atoms with Gasteiger partial charge in [-0.1, -0.05) is 18.2 Å². The molecule has 0 spiro atoms. The van der Waals surface area contributed by atoms with E-state index in [9.17, 15) is 4.79 Å². The van der Waals surface area contributed by atoms with Gasteiger partial charge in [-0.15, -0.1) is 0 Å². The summed E-state index contributed by atoms with van der Waals surface area (Å²) >= 11 is 0. The van der Waals surface area contributed by atoms with Gasteiger partial charge in [0.1, 0.15) is 11.4 Å². The molecule has 5 nitrogen and oxygen atoms in total. The van der Waals surface area contributed by atoms with Gasteiger partial charge in [0.2, 0.25) is 0 Å². The lowest BCUT2D eigenvalue weighted by Gasteiger charge is -2.24. The average molecular weight is 280 g/mol. The smallest absolute Gasteiger partial charge is 0.408 e. The van der Waals surface area contributed by atoms with Crippen LogP contribution in [0.2, 0.25) is 0 Å². The molecule has 0 heterocycles. The van der Waals surface area contributed by atoms with Crippen molar-refractivity contribution in [1.29, 1.82) is 0 Å². The number of nitrogens with two attached hydrogens (primary N) is 1. The topological polar surface area (TPSA) is 73.6 Å². The fourth-order valence-corrected chi connectivity index (χ4v) is 1.77. The minimum Gasteiger partial charge on any atom is -0.494 e. The molecule has 1 rings (SSSR count). The number of carbonyl (C=O) groups is 1. The lowest BCUT2D eigenvalue weighted by Crippen LogP contribution is -2.37. The van der Waals surface area contributed by atoms with Crippen LogP contribution in [-0.2, 0) is 4.74 Å². The number of para-hydroxylation sites is 1. The Kier molecular flexibility index (Phi) is 5.82. The Bertz CT molecular complexity index is 441. The number of ether oxygens (including phenoxy) is 2. The van der Waals surface area contributed by atoms with Crippen LogP contribution >= 0.6 is 0 Å². The lowest BCUT2D eigenvalue weighted by molar-refractivity contribution is 0.0504. The molecule has 1 aromatic rings. The zero-order valence-corrected chi connectivity index (χ0v) is 12.6. The van der Waals surface area contributed by atoms with Crippen molar-refractivity contribution in [2.24, 2.45) is 5.73 Å². The molecule has 0 aliphatic carbocycles. The first-order valence-corrected chi connectivity index (χ1v) is 6.78. The van der Waals surface area contributed by atoms with Crippen LogP contribution in [0.5, 0.6) is 5.75 Å². The molecule has 0 aromatic heterocycles. The highest BCUT2D eigenvalue weighted by atomic mass is 16.6. The zero-order valence-electron chi connectivity index (χ0n) is 12.6. The molecule has 112 valence electrons. The van der Waals surface area contributed by atoms with Gasteiger partial charge in [0.05, 0.1) is 12.6 Å². The number of alkyl carbamates (subject to hydrolysis) is 1. The van der Waals surface area contributed by atoms with E-state index in [-0.39, 0.29) is 12.6 Å². The van der Waals surface area contributed by atoms with Crippen molar-refractivity contribution in [1.82, 2.24) is 5.32 Å². The SMILES string of the molecule is CCOc1ccccc1C(CN)NC(=O)OC(C)(C)C. The number of hydrogen-bond donors (Lipinski definition) is 2. The lowest BCUT2D eigenvalue weighted by atomic mass is 10.1. The quantitative estimate of drug-likeness (QED) is 0.869. The van der Waals surface area contributed by atoms with Crippen molar-refractivity contribution < 1.29 is 14.3 Å². The number of hydrogen-bond acceptors (Lipinski definition) is 4. The van der Waals surface area contributed by atoms with Crippen LogP contribution in [0.1, 0.15) is 39.3 Å². The van der Waals surface area contributed by atoms with Crippen LogP contribution in [0.3, 0.4) is 0 Å². The molecule has 3 N–H and O–H groups in total. The molecule has 1 amide bonds. The van der Waals surface area contributed by atoms with Crippen molar-refractivity contribution in [2.45, 2.75) is 39.3 Å². The summed E-state index contributed by atoms with van der Waals surface area (Å²) in [7, 11) is 0. The molecule has 1 aromatic carbocycles. The summed E-state index contributed by atoms with van der Waals surface area (Å²) in [5.41, 5.74) is 6.07.